The normalized spacial score (nSPS) is 11.8. The molecule has 0 saturated carbocycles. The molecular weight excluding hydrogens is 358 g/mol. The first kappa shape index (κ1) is 20.2. The molecular formula is C20H27N5O3. The van der Waals surface area contributed by atoms with Crippen molar-refractivity contribution in [2.24, 2.45) is 0 Å². The Bertz CT molecular complexity index is 1050. The van der Waals surface area contributed by atoms with E-state index in [1.54, 1.807) is 0 Å². The van der Waals surface area contributed by atoms with Crippen LogP contribution < -0.4 is 11.2 Å². The van der Waals surface area contributed by atoms with Gasteiger partial charge >= 0.3 is 5.69 Å². The van der Waals surface area contributed by atoms with Crippen molar-refractivity contribution < 1.29 is 4.74 Å². The Kier molecular flexibility index (Phi) is 6.21. The maximum Gasteiger partial charge on any atom is 0.349 e. The van der Waals surface area contributed by atoms with Gasteiger partial charge in [-0.3, -0.25) is 9.78 Å². The molecule has 0 atom stereocenters. The quantitative estimate of drug-likeness (QED) is 0.467. The average molecular weight is 385 g/mol. The molecule has 0 amide bonds. The summed E-state index contributed by atoms with van der Waals surface area (Å²) < 4.78 is 7.67. The van der Waals surface area contributed by atoms with Gasteiger partial charge in [0.25, 0.3) is 5.56 Å². The predicted molar refractivity (Wildman–Crippen MR) is 109 cm³/mol. The molecule has 28 heavy (non-hydrogen) atoms. The van der Waals surface area contributed by atoms with Crippen LogP contribution in [0.2, 0.25) is 0 Å². The summed E-state index contributed by atoms with van der Waals surface area (Å²) in [7, 11) is 0. The Balaban J connectivity index is 1.95. The van der Waals surface area contributed by atoms with Gasteiger partial charge in [0.05, 0.1) is 24.2 Å². The number of likely N-dealkylation sites (N-methyl/N-ethyl adjacent to an activating group) is 1. The predicted octanol–water partition coefficient (Wildman–Crippen LogP) is 1.56. The summed E-state index contributed by atoms with van der Waals surface area (Å²) in [6.07, 6.45) is 0. The van der Waals surface area contributed by atoms with E-state index in [4.69, 9.17) is 4.74 Å². The van der Waals surface area contributed by atoms with Crippen LogP contribution in [-0.4, -0.2) is 57.3 Å². The van der Waals surface area contributed by atoms with Crippen LogP contribution in [0.1, 0.15) is 25.0 Å². The van der Waals surface area contributed by atoms with Crippen LogP contribution in [0.25, 0.3) is 22.6 Å². The van der Waals surface area contributed by atoms with E-state index < -0.39 is 11.2 Å². The van der Waals surface area contributed by atoms with Gasteiger partial charge in [0.15, 0.2) is 11.5 Å². The zero-order chi connectivity index (χ0) is 20.3. The minimum Gasteiger partial charge on any atom is -0.378 e. The first-order valence-corrected chi connectivity index (χ1v) is 9.66. The minimum atomic E-state index is -0.668. The molecule has 0 aromatic heterocycles. The molecule has 8 heteroatoms. The Morgan fingerprint density at radius 3 is 2.50 bits per heavy atom. The highest BCUT2D eigenvalue weighted by atomic mass is 16.5. The van der Waals surface area contributed by atoms with Gasteiger partial charge in [0.2, 0.25) is 0 Å². The molecule has 3 rings (SSSR count). The van der Waals surface area contributed by atoms with Gasteiger partial charge < -0.3 is 14.2 Å². The lowest BCUT2D eigenvalue weighted by molar-refractivity contribution is 0.102. The molecule has 0 bridgehead atoms. The molecule has 0 aliphatic carbocycles. The van der Waals surface area contributed by atoms with Gasteiger partial charge in [0, 0.05) is 13.1 Å². The molecule has 1 aromatic rings. The Morgan fingerprint density at radius 1 is 1.07 bits per heavy atom. The lowest BCUT2D eigenvalue weighted by Gasteiger charge is -2.19. The van der Waals surface area contributed by atoms with Crippen molar-refractivity contribution in [1.29, 1.82) is 0 Å². The highest BCUT2D eigenvalue weighted by Gasteiger charge is 2.19. The number of benzene rings is 1. The Labute approximate surface area is 163 Å². The van der Waals surface area contributed by atoms with Crippen LogP contribution in [0.4, 0.5) is 0 Å². The number of hydrogen-bond donors (Lipinski definition) is 1. The van der Waals surface area contributed by atoms with Crippen LogP contribution in [0.15, 0.2) is 21.7 Å². The first-order valence-electron chi connectivity index (χ1n) is 9.66. The first-order chi connectivity index (χ1) is 13.4. The van der Waals surface area contributed by atoms with Crippen LogP contribution >= 0.6 is 0 Å². The second-order valence-corrected chi connectivity index (χ2v) is 6.87. The van der Waals surface area contributed by atoms with Crippen molar-refractivity contribution in [2.45, 2.75) is 34.2 Å². The molecule has 2 aliphatic heterocycles. The van der Waals surface area contributed by atoms with E-state index in [9.17, 15) is 9.59 Å². The number of fused-ring (bicyclic) bond motifs is 2. The molecule has 0 saturated heterocycles. The largest absolute Gasteiger partial charge is 0.378 e. The van der Waals surface area contributed by atoms with Gasteiger partial charge in [-0.05, 0) is 50.2 Å². The lowest BCUT2D eigenvalue weighted by atomic mass is 10.1. The fourth-order valence-corrected chi connectivity index (χ4v) is 3.27. The number of ether oxygens (including phenoxy) is 1. The lowest BCUT2D eigenvalue weighted by Crippen LogP contribution is -2.30. The van der Waals surface area contributed by atoms with E-state index >= 15 is 0 Å². The van der Waals surface area contributed by atoms with Crippen molar-refractivity contribution in [3.05, 3.63) is 44.1 Å². The van der Waals surface area contributed by atoms with E-state index in [1.165, 1.54) is 0 Å². The van der Waals surface area contributed by atoms with Gasteiger partial charge in [-0.15, -0.1) is 0 Å². The molecule has 0 fully saturated rings. The van der Waals surface area contributed by atoms with Gasteiger partial charge in [0.1, 0.15) is 0 Å². The third-order valence-corrected chi connectivity index (χ3v) is 5.13. The van der Waals surface area contributed by atoms with Crippen LogP contribution in [0, 0.1) is 13.8 Å². The second-order valence-electron chi connectivity index (χ2n) is 6.87. The summed E-state index contributed by atoms with van der Waals surface area (Å²) in [4.78, 5) is 37.0. The highest BCUT2D eigenvalue weighted by Crippen LogP contribution is 2.23. The van der Waals surface area contributed by atoms with Crippen LogP contribution in [0.5, 0.6) is 0 Å². The second kappa shape index (κ2) is 8.62. The van der Waals surface area contributed by atoms with Gasteiger partial charge in [-0.2, -0.15) is 4.98 Å². The fraction of sp³-hybridized carbons (Fsp3) is 0.500. The SMILES string of the molecule is CCN(CC)CCOCCn1c2nc(=O)[nH]c(=O)c-2nc2cc(C)c(C)cc21. The Morgan fingerprint density at radius 2 is 1.79 bits per heavy atom. The van der Waals surface area contributed by atoms with E-state index in [0.29, 0.717) is 25.3 Å². The van der Waals surface area contributed by atoms with Crippen molar-refractivity contribution in [1.82, 2.24) is 24.4 Å². The fourth-order valence-electron chi connectivity index (χ4n) is 3.27. The molecule has 150 valence electrons. The Hall–Kier alpha value is -2.58. The van der Waals surface area contributed by atoms with Crippen molar-refractivity contribution in [2.75, 3.05) is 32.8 Å². The number of aromatic amines is 1. The molecule has 0 radical (unpaired) electrons. The van der Waals surface area contributed by atoms with E-state index in [1.807, 2.05) is 30.5 Å². The molecule has 8 nitrogen and oxygen atoms in total. The molecule has 1 N–H and O–H groups in total. The summed E-state index contributed by atoms with van der Waals surface area (Å²) in [5.41, 5.74) is 2.71. The summed E-state index contributed by atoms with van der Waals surface area (Å²) in [6, 6.07) is 3.97. The van der Waals surface area contributed by atoms with Crippen molar-refractivity contribution >= 4 is 11.0 Å². The number of aromatic nitrogens is 4. The van der Waals surface area contributed by atoms with Crippen molar-refractivity contribution in [3.63, 3.8) is 0 Å². The highest BCUT2D eigenvalue weighted by molar-refractivity contribution is 5.81. The average Bonchev–Trinajstić information content (AvgIpc) is 2.66. The molecule has 2 aliphatic rings. The topological polar surface area (TPSA) is 93.1 Å². The summed E-state index contributed by atoms with van der Waals surface area (Å²) in [5.74, 6) is 0.289. The third-order valence-electron chi connectivity index (χ3n) is 5.13. The van der Waals surface area contributed by atoms with Gasteiger partial charge in [-0.25, -0.2) is 9.78 Å². The number of hydrogen-bond acceptors (Lipinski definition) is 6. The summed E-state index contributed by atoms with van der Waals surface area (Å²) in [6.45, 7) is 12.7. The monoisotopic (exact) mass is 385 g/mol. The number of H-pyrrole nitrogens is 1. The van der Waals surface area contributed by atoms with Gasteiger partial charge in [-0.1, -0.05) is 13.8 Å². The standard InChI is InChI=1S/C20H27N5O3/c1-5-24(6-2)7-9-28-10-8-25-16-12-14(4)13(3)11-15(16)21-17-18(25)22-20(27)23-19(17)26/h11-12H,5-10H2,1-4H3,(H,23,26,27). The zero-order valence-corrected chi connectivity index (χ0v) is 16.9. The minimum absolute atomic E-state index is 0.165. The molecule has 1 aromatic carbocycles. The van der Waals surface area contributed by atoms with E-state index in [2.05, 4.69) is 33.7 Å². The summed E-state index contributed by atoms with van der Waals surface area (Å²) in [5, 5.41) is 0. The maximum atomic E-state index is 12.3. The smallest absolute Gasteiger partial charge is 0.349 e. The van der Waals surface area contributed by atoms with E-state index in [-0.39, 0.29) is 11.5 Å². The summed E-state index contributed by atoms with van der Waals surface area (Å²) >= 11 is 0. The van der Waals surface area contributed by atoms with Crippen molar-refractivity contribution in [3.8, 4) is 11.5 Å². The maximum absolute atomic E-state index is 12.3. The molecule has 2 heterocycles. The third kappa shape index (κ3) is 4.13. The number of nitrogens with one attached hydrogen (secondary N) is 1. The van der Waals surface area contributed by atoms with E-state index in [0.717, 1.165) is 36.3 Å². The molecule has 0 unspecified atom stereocenters. The number of aryl methyl sites for hydroxylation is 2. The van der Waals surface area contributed by atoms with Crippen LogP contribution in [-0.2, 0) is 11.3 Å². The van der Waals surface area contributed by atoms with Crippen LogP contribution in [0.3, 0.4) is 0 Å². The number of rotatable bonds is 8. The number of nitrogens with zero attached hydrogens (tertiary/aromatic N) is 4. The molecule has 0 spiro atoms. The zero-order valence-electron chi connectivity index (χ0n) is 16.9.